The van der Waals surface area contributed by atoms with E-state index in [1.54, 1.807) is 0 Å². The van der Waals surface area contributed by atoms with Crippen LogP contribution in [0.5, 0.6) is 0 Å². The van der Waals surface area contributed by atoms with E-state index in [4.69, 9.17) is 5.26 Å². The van der Waals surface area contributed by atoms with Gasteiger partial charge >= 0.3 is 0 Å². The van der Waals surface area contributed by atoms with Crippen molar-refractivity contribution in [2.24, 2.45) is 10.8 Å². The lowest BCUT2D eigenvalue weighted by molar-refractivity contribution is -0.132. The van der Waals surface area contributed by atoms with Crippen molar-refractivity contribution in [2.45, 2.75) is 57.9 Å². The van der Waals surface area contributed by atoms with E-state index in [2.05, 4.69) is 54.6 Å². The second-order valence-electron chi connectivity index (χ2n) is 10.3. The van der Waals surface area contributed by atoms with Gasteiger partial charge in [-0.25, -0.2) is 0 Å². The molecule has 2 fully saturated rings. The van der Waals surface area contributed by atoms with Crippen LogP contribution in [0.1, 0.15) is 57.9 Å². The van der Waals surface area contributed by atoms with E-state index < -0.39 is 5.41 Å². The first-order valence-corrected chi connectivity index (χ1v) is 11.3. The zero-order valence-electron chi connectivity index (χ0n) is 19.4. The molecule has 2 amide bonds. The lowest BCUT2D eigenvalue weighted by atomic mass is 9.64. The fraction of sp³-hybridized carbons (Fsp3) is 0.640. The highest BCUT2D eigenvalue weighted by Crippen LogP contribution is 2.52. The molecular formula is C25H36N4O2. The summed E-state index contributed by atoms with van der Waals surface area (Å²) in [5.41, 5.74) is 0.844. The van der Waals surface area contributed by atoms with Gasteiger partial charge in [-0.15, -0.1) is 0 Å². The van der Waals surface area contributed by atoms with Gasteiger partial charge in [0.2, 0.25) is 11.8 Å². The van der Waals surface area contributed by atoms with Crippen LogP contribution in [0.15, 0.2) is 30.3 Å². The summed E-state index contributed by atoms with van der Waals surface area (Å²) >= 11 is 0. The fourth-order valence-corrected chi connectivity index (χ4v) is 5.34. The minimum atomic E-state index is -0.604. The van der Waals surface area contributed by atoms with Crippen LogP contribution in [-0.4, -0.2) is 55.3 Å². The number of nitriles is 1. The molecule has 1 spiro atoms. The van der Waals surface area contributed by atoms with Crippen molar-refractivity contribution in [1.82, 2.24) is 15.1 Å². The molecule has 0 atom stereocenters. The van der Waals surface area contributed by atoms with Crippen molar-refractivity contribution in [3.05, 3.63) is 35.9 Å². The molecule has 1 aliphatic carbocycles. The lowest BCUT2D eigenvalue weighted by Crippen LogP contribution is -2.47. The molecule has 6 nitrogen and oxygen atoms in total. The Morgan fingerprint density at radius 2 is 1.84 bits per heavy atom. The molecule has 1 N–H and O–H groups in total. The van der Waals surface area contributed by atoms with E-state index in [1.165, 1.54) is 5.56 Å². The molecule has 0 aromatic heterocycles. The van der Waals surface area contributed by atoms with Gasteiger partial charge in [0.1, 0.15) is 6.54 Å². The van der Waals surface area contributed by atoms with Gasteiger partial charge in [-0.1, -0.05) is 44.2 Å². The van der Waals surface area contributed by atoms with Crippen LogP contribution in [0.3, 0.4) is 0 Å². The molecule has 1 aliphatic heterocycles. The van der Waals surface area contributed by atoms with Gasteiger partial charge in [-0.05, 0) is 57.2 Å². The number of carbonyl (C=O) groups excluding carboxylic acids is 2. The van der Waals surface area contributed by atoms with Gasteiger partial charge in [0.05, 0.1) is 6.07 Å². The highest BCUT2D eigenvalue weighted by Gasteiger charge is 2.50. The van der Waals surface area contributed by atoms with E-state index in [0.717, 1.165) is 32.2 Å². The number of nitrogens with zero attached hydrogens (tertiary/aromatic N) is 3. The van der Waals surface area contributed by atoms with E-state index in [-0.39, 0.29) is 29.3 Å². The SMILES string of the molecule is CN(C)C1(c2ccccc2)CCC2(CC1)CC(=O)N(CCC(C)(C)C(=O)NCC#N)C2. The number of hydrogen-bond donors (Lipinski definition) is 1. The van der Waals surface area contributed by atoms with Crippen molar-refractivity contribution < 1.29 is 9.59 Å². The van der Waals surface area contributed by atoms with Crippen LogP contribution in [0.2, 0.25) is 0 Å². The van der Waals surface area contributed by atoms with E-state index >= 15 is 0 Å². The Morgan fingerprint density at radius 3 is 2.42 bits per heavy atom. The maximum atomic E-state index is 12.8. The highest BCUT2D eigenvalue weighted by atomic mass is 16.2. The van der Waals surface area contributed by atoms with Crippen LogP contribution >= 0.6 is 0 Å². The van der Waals surface area contributed by atoms with E-state index in [9.17, 15) is 9.59 Å². The third-order valence-electron chi connectivity index (χ3n) is 7.66. The maximum Gasteiger partial charge on any atom is 0.226 e. The molecule has 2 aliphatic rings. The molecule has 168 valence electrons. The number of likely N-dealkylation sites (tertiary alicyclic amines) is 1. The number of rotatable bonds is 7. The normalized spacial score (nSPS) is 26.3. The second-order valence-corrected chi connectivity index (χ2v) is 10.3. The smallest absolute Gasteiger partial charge is 0.226 e. The Hall–Kier alpha value is -2.39. The van der Waals surface area contributed by atoms with Gasteiger partial charge in [0.15, 0.2) is 0 Å². The first-order valence-electron chi connectivity index (χ1n) is 11.3. The van der Waals surface area contributed by atoms with Gasteiger partial charge in [-0.2, -0.15) is 5.26 Å². The Balaban J connectivity index is 1.63. The molecule has 3 rings (SSSR count). The van der Waals surface area contributed by atoms with Gasteiger partial charge in [-0.3, -0.25) is 14.5 Å². The number of nitrogens with one attached hydrogen (secondary N) is 1. The summed E-state index contributed by atoms with van der Waals surface area (Å²) in [6, 6.07) is 12.7. The van der Waals surface area contributed by atoms with E-state index in [1.807, 2.05) is 24.8 Å². The average molecular weight is 425 g/mol. The third-order valence-corrected chi connectivity index (χ3v) is 7.66. The summed E-state index contributed by atoms with van der Waals surface area (Å²) in [6.45, 7) is 5.15. The monoisotopic (exact) mass is 424 g/mol. The van der Waals surface area contributed by atoms with Crippen molar-refractivity contribution in [3.63, 3.8) is 0 Å². The van der Waals surface area contributed by atoms with Crippen molar-refractivity contribution in [1.29, 1.82) is 5.26 Å². The summed E-state index contributed by atoms with van der Waals surface area (Å²) in [4.78, 5) is 29.5. The van der Waals surface area contributed by atoms with Crippen LogP contribution in [0.4, 0.5) is 0 Å². The predicted molar refractivity (Wildman–Crippen MR) is 121 cm³/mol. The number of benzene rings is 1. The maximum absolute atomic E-state index is 12.8. The van der Waals surface area contributed by atoms with Gasteiger partial charge in [0.25, 0.3) is 0 Å². The molecule has 31 heavy (non-hydrogen) atoms. The van der Waals surface area contributed by atoms with Crippen LogP contribution in [0.25, 0.3) is 0 Å². The van der Waals surface area contributed by atoms with Crippen molar-refractivity contribution >= 4 is 11.8 Å². The Labute approximate surface area is 186 Å². The van der Waals surface area contributed by atoms with E-state index in [0.29, 0.717) is 19.4 Å². The summed E-state index contributed by atoms with van der Waals surface area (Å²) in [5, 5.41) is 11.3. The molecule has 1 saturated heterocycles. The second kappa shape index (κ2) is 9.00. The van der Waals surface area contributed by atoms with Crippen LogP contribution < -0.4 is 5.32 Å². The van der Waals surface area contributed by atoms with Crippen molar-refractivity contribution in [3.8, 4) is 6.07 Å². The molecular weight excluding hydrogens is 388 g/mol. The average Bonchev–Trinajstić information content (AvgIpc) is 3.06. The minimum Gasteiger partial charge on any atom is -0.343 e. The standard InChI is InChI=1S/C25H36N4O2/c1-23(2,22(31)27-16-15-26)14-17-29-19-24(18-21(29)30)10-12-25(13-11-24,28(3)4)20-8-6-5-7-9-20/h5-9H,10-14,16-19H2,1-4H3,(H,27,31). The molecule has 1 saturated carbocycles. The Morgan fingerprint density at radius 1 is 1.19 bits per heavy atom. The molecule has 1 aromatic rings. The zero-order valence-corrected chi connectivity index (χ0v) is 19.4. The Bertz CT molecular complexity index is 833. The van der Waals surface area contributed by atoms with Gasteiger partial charge < -0.3 is 10.2 Å². The molecule has 6 heteroatoms. The molecule has 0 bridgehead atoms. The molecule has 1 aromatic carbocycles. The zero-order chi connectivity index (χ0) is 22.7. The largest absolute Gasteiger partial charge is 0.343 e. The van der Waals surface area contributed by atoms with Crippen LogP contribution in [0, 0.1) is 22.2 Å². The summed E-state index contributed by atoms with van der Waals surface area (Å²) in [5.74, 6) is 0.0806. The topological polar surface area (TPSA) is 76.4 Å². The minimum absolute atomic E-state index is 0.0169. The van der Waals surface area contributed by atoms with Gasteiger partial charge in [0, 0.05) is 30.5 Å². The summed E-state index contributed by atoms with van der Waals surface area (Å²) in [7, 11) is 4.33. The highest BCUT2D eigenvalue weighted by molar-refractivity contribution is 5.82. The number of carbonyl (C=O) groups is 2. The fourth-order valence-electron chi connectivity index (χ4n) is 5.34. The quantitative estimate of drug-likeness (QED) is 0.682. The van der Waals surface area contributed by atoms with Crippen LogP contribution in [-0.2, 0) is 15.1 Å². The molecule has 0 radical (unpaired) electrons. The number of hydrogen-bond acceptors (Lipinski definition) is 4. The first-order chi connectivity index (χ1) is 14.6. The third kappa shape index (κ3) is 4.77. The number of amides is 2. The predicted octanol–water partition coefficient (Wildman–Crippen LogP) is 3.29. The summed E-state index contributed by atoms with van der Waals surface area (Å²) in [6.07, 6.45) is 5.38. The Kier molecular flexibility index (Phi) is 6.76. The van der Waals surface area contributed by atoms with Crippen molar-refractivity contribution in [2.75, 3.05) is 33.7 Å². The lowest BCUT2D eigenvalue weighted by Gasteiger charge is -2.49. The molecule has 1 heterocycles. The molecule has 0 unspecified atom stereocenters. The first kappa shape index (κ1) is 23.3. The summed E-state index contributed by atoms with van der Waals surface area (Å²) < 4.78 is 0.